The van der Waals surface area contributed by atoms with Gasteiger partial charge in [-0.3, -0.25) is 25.4 Å². The van der Waals surface area contributed by atoms with Gasteiger partial charge in [-0.15, -0.1) is 0 Å². The molecule has 0 saturated heterocycles. The molecule has 7 heteroatoms. The van der Waals surface area contributed by atoms with Gasteiger partial charge in [0.05, 0.1) is 0 Å². The number of aromatic nitrogens is 1. The lowest BCUT2D eigenvalue weighted by Crippen LogP contribution is -2.46. The molecule has 1 aromatic carbocycles. The minimum Gasteiger partial charge on any atom is -0.478 e. The van der Waals surface area contributed by atoms with E-state index in [-0.39, 0.29) is 5.75 Å². The van der Waals surface area contributed by atoms with Crippen LogP contribution in [0.3, 0.4) is 0 Å². The van der Waals surface area contributed by atoms with Crippen molar-refractivity contribution in [1.82, 2.24) is 15.8 Å². The van der Waals surface area contributed by atoms with Crippen molar-refractivity contribution in [3.63, 3.8) is 0 Å². The van der Waals surface area contributed by atoms with Crippen LogP contribution in [-0.2, 0) is 9.59 Å². The zero-order chi connectivity index (χ0) is 17.4. The zero-order valence-electron chi connectivity index (χ0n) is 12.9. The third kappa shape index (κ3) is 5.20. The van der Waals surface area contributed by atoms with E-state index in [9.17, 15) is 14.0 Å². The van der Waals surface area contributed by atoms with E-state index in [0.717, 1.165) is 5.56 Å². The summed E-state index contributed by atoms with van der Waals surface area (Å²) in [4.78, 5) is 27.3. The maximum Gasteiger partial charge on any atom is 0.279 e. The molecule has 0 bridgehead atoms. The maximum atomic E-state index is 13.4. The number of rotatable bonds is 5. The second-order valence-corrected chi connectivity index (χ2v) is 4.78. The summed E-state index contributed by atoms with van der Waals surface area (Å²) in [6.07, 6.45) is 5.05. The van der Waals surface area contributed by atoms with Crippen LogP contribution in [-0.4, -0.2) is 22.9 Å². The van der Waals surface area contributed by atoms with Gasteiger partial charge in [-0.1, -0.05) is 12.1 Å². The molecule has 1 heterocycles. The molecule has 2 N–H and O–H groups in total. The highest BCUT2D eigenvalue weighted by Gasteiger charge is 2.16. The molecule has 1 aromatic heterocycles. The fourth-order valence-electron chi connectivity index (χ4n) is 1.70. The molecular weight excluding hydrogens is 313 g/mol. The number of hydrogen-bond acceptors (Lipinski definition) is 4. The number of hydrogen-bond donors (Lipinski definition) is 2. The summed E-state index contributed by atoms with van der Waals surface area (Å²) in [5.74, 6) is -1.73. The monoisotopic (exact) mass is 329 g/mol. The first-order chi connectivity index (χ1) is 11.6. The van der Waals surface area contributed by atoms with Crippen LogP contribution in [0.2, 0.25) is 0 Å². The van der Waals surface area contributed by atoms with E-state index in [1.165, 1.54) is 31.2 Å². The van der Waals surface area contributed by atoms with Crippen LogP contribution in [0.1, 0.15) is 12.5 Å². The SMILES string of the molecule is CC(Oc1ccccc1F)C(=O)NNC(=O)/C=C/c1ccncc1. The Morgan fingerprint density at radius 3 is 2.58 bits per heavy atom. The van der Waals surface area contributed by atoms with Gasteiger partial charge < -0.3 is 4.74 Å². The van der Waals surface area contributed by atoms with Crippen LogP contribution in [0.5, 0.6) is 5.75 Å². The average molecular weight is 329 g/mol. The molecule has 6 nitrogen and oxygen atoms in total. The summed E-state index contributed by atoms with van der Waals surface area (Å²) in [6, 6.07) is 9.21. The van der Waals surface area contributed by atoms with Crippen molar-refractivity contribution >= 4 is 17.9 Å². The number of amides is 2. The Bertz CT molecular complexity index is 735. The van der Waals surface area contributed by atoms with Crippen molar-refractivity contribution in [2.75, 3.05) is 0 Å². The Morgan fingerprint density at radius 1 is 1.17 bits per heavy atom. The van der Waals surface area contributed by atoms with Gasteiger partial charge in [-0.25, -0.2) is 4.39 Å². The van der Waals surface area contributed by atoms with Crippen molar-refractivity contribution < 1.29 is 18.7 Å². The van der Waals surface area contributed by atoms with Crippen LogP contribution in [0, 0.1) is 5.82 Å². The van der Waals surface area contributed by atoms with E-state index >= 15 is 0 Å². The lowest BCUT2D eigenvalue weighted by Gasteiger charge is -2.15. The Labute approximate surface area is 138 Å². The second-order valence-electron chi connectivity index (χ2n) is 4.78. The molecule has 2 aromatic rings. The molecule has 0 spiro atoms. The predicted molar refractivity (Wildman–Crippen MR) is 86.0 cm³/mol. The van der Waals surface area contributed by atoms with E-state index in [1.807, 2.05) is 0 Å². The van der Waals surface area contributed by atoms with Crippen molar-refractivity contribution in [3.8, 4) is 5.75 Å². The van der Waals surface area contributed by atoms with Crippen molar-refractivity contribution in [3.05, 3.63) is 66.2 Å². The molecule has 124 valence electrons. The predicted octanol–water partition coefficient (Wildman–Crippen LogP) is 1.85. The zero-order valence-corrected chi connectivity index (χ0v) is 12.9. The molecule has 1 unspecified atom stereocenters. The van der Waals surface area contributed by atoms with E-state index in [0.29, 0.717) is 0 Å². The minimum atomic E-state index is -0.980. The van der Waals surface area contributed by atoms with Crippen LogP contribution in [0.25, 0.3) is 6.08 Å². The first-order valence-corrected chi connectivity index (χ1v) is 7.15. The largest absolute Gasteiger partial charge is 0.478 e. The molecule has 0 fully saturated rings. The second kappa shape index (κ2) is 8.42. The van der Waals surface area contributed by atoms with Gasteiger partial charge in [0.15, 0.2) is 17.7 Å². The summed E-state index contributed by atoms with van der Waals surface area (Å²) < 4.78 is 18.7. The number of hydrazine groups is 1. The Kier molecular flexibility index (Phi) is 6.01. The first kappa shape index (κ1) is 17.1. The number of benzene rings is 1. The van der Waals surface area contributed by atoms with Gasteiger partial charge in [0.2, 0.25) is 0 Å². The highest BCUT2D eigenvalue weighted by atomic mass is 19.1. The Balaban J connectivity index is 1.80. The molecule has 0 saturated carbocycles. The van der Waals surface area contributed by atoms with Crippen molar-refractivity contribution in [2.24, 2.45) is 0 Å². The molecule has 0 aliphatic heterocycles. The number of halogens is 1. The van der Waals surface area contributed by atoms with E-state index in [1.54, 1.807) is 36.7 Å². The van der Waals surface area contributed by atoms with Crippen LogP contribution in [0.15, 0.2) is 54.9 Å². The summed E-state index contributed by atoms with van der Waals surface area (Å²) >= 11 is 0. The van der Waals surface area contributed by atoms with E-state index < -0.39 is 23.7 Å². The lowest BCUT2D eigenvalue weighted by molar-refractivity contribution is -0.131. The topological polar surface area (TPSA) is 80.3 Å². The summed E-state index contributed by atoms with van der Waals surface area (Å²) in [6.45, 7) is 1.45. The average Bonchev–Trinajstić information content (AvgIpc) is 2.60. The van der Waals surface area contributed by atoms with Gasteiger partial charge in [-0.2, -0.15) is 0 Å². The maximum absolute atomic E-state index is 13.4. The molecule has 1 atom stereocenters. The highest BCUT2D eigenvalue weighted by Crippen LogP contribution is 2.16. The van der Waals surface area contributed by atoms with Crippen molar-refractivity contribution in [1.29, 1.82) is 0 Å². The molecule has 2 rings (SSSR count). The third-order valence-corrected chi connectivity index (χ3v) is 2.95. The summed E-state index contributed by atoms with van der Waals surface area (Å²) in [5.41, 5.74) is 5.22. The van der Waals surface area contributed by atoms with E-state index in [4.69, 9.17) is 4.74 Å². The van der Waals surface area contributed by atoms with Crippen LogP contribution in [0.4, 0.5) is 4.39 Å². The van der Waals surface area contributed by atoms with Crippen molar-refractivity contribution in [2.45, 2.75) is 13.0 Å². The molecule has 0 aliphatic carbocycles. The number of para-hydroxylation sites is 1. The fourth-order valence-corrected chi connectivity index (χ4v) is 1.70. The van der Waals surface area contributed by atoms with Gasteiger partial charge in [-0.05, 0) is 42.8 Å². The smallest absolute Gasteiger partial charge is 0.279 e. The standard InChI is InChI=1S/C17H16FN3O3/c1-12(24-15-5-3-2-4-14(15)18)17(23)21-20-16(22)7-6-13-8-10-19-11-9-13/h2-12H,1H3,(H,20,22)(H,21,23)/b7-6+. The first-order valence-electron chi connectivity index (χ1n) is 7.15. The molecule has 24 heavy (non-hydrogen) atoms. The number of ether oxygens (including phenoxy) is 1. The number of carbonyl (C=O) groups excluding carboxylic acids is 2. The highest BCUT2D eigenvalue weighted by molar-refractivity contribution is 5.93. The summed E-state index contributed by atoms with van der Waals surface area (Å²) in [7, 11) is 0. The summed E-state index contributed by atoms with van der Waals surface area (Å²) in [5, 5.41) is 0. The number of nitrogens with one attached hydrogen (secondary N) is 2. The third-order valence-electron chi connectivity index (χ3n) is 2.95. The van der Waals surface area contributed by atoms with Gasteiger partial charge in [0.1, 0.15) is 0 Å². The molecular formula is C17H16FN3O3. The molecule has 0 radical (unpaired) electrons. The van der Waals surface area contributed by atoms with Gasteiger partial charge >= 0.3 is 0 Å². The van der Waals surface area contributed by atoms with Gasteiger partial charge in [0.25, 0.3) is 11.8 Å². The Hall–Kier alpha value is -3.22. The Morgan fingerprint density at radius 2 is 1.88 bits per heavy atom. The van der Waals surface area contributed by atoms with Crippen LogP contribution < -0.4 is 15.6 Å². The van der Waals surface area contributed by atoms with E-state index in [2.05, 4.69) is 15.8 Å². The fraction of sp³-hybridized carbons (Fsp3) is 0.118. The van der Waals surface area contributed by atoms with Gasteiger partial charge in [0, 0.05) is 18.5 Å². The number of carbonyl (C=O) groups is 2. The number of pyridine rings is 1. The number of nitrogens with zero attached hydrogens (tertiary/aromatic N) is 1. The molecule has 2 amide bonds. The minimum absolute atomic E-state index is 0.0379. The quantitative estimate of drug-likeness (QED) is 0.648. The molecule has 0 aliphatic rings. The lowest BCUT2D eigenvalue weighted by atomic mass is 10.2. The normalized spacial score (nSPS) is 11.8. The van der Waals surface area contributed by atoms with Crippen LogP contribution >= 0.6 is 0 Å².